The highest BCUT2D eigenvalue weighted by Gasteiger charge is 2.36. The predicted molar refractivity (Wildman–Crippen MR) is 55.1 cm³/mol. The van der Waals surface area contributed by atoms with Gasteiger partial charge in [0.25, 0.3) is 0 Å². The number of rotatable bonds is 5. The Kier molecular flexibility index (Phi) is 3.17. The fourth-order valence-corrected chi connectivity index (χ4v) is 1.55. The van der Waals surface area contributed by atoms with E-state index in [1.54, 1.807) is 0 Å². The van der Waals surface area contributed by atoms with Crippen LogP contribution in [0, 0.1) is 0 Å². The zero-order valence-electron chi connectivity index (χ0n) is 8.48. The summed E-state index contributed by atoms with van der Waals surface area (Å²) in [6.45, 7) is 3.56. The fraction of sp³-hybridized carbons (Fsp3) is 0.500. The molecule has 0 spiro atoms. The maximum absolute atomic E-state index is 5.55. The Bertz CT molecular complexity index is 271. The summed E-state index contributed by atoms with van der Waals surface area (Å²) in [6.07, 6.45) is 1.90. The summed E-state index contributed by atoms with van der Waals surface area (Å²) in [4.78, 5) is 0. The molecule has 1 aliphatic heterocycles. The molecule has 0 radical (unpaired) electrons. The van der Waals surface area contributed by atoms with Crippen molar-refractivity contribution in [1.82, 2.24) is 0 Å². The summed E-state index contributed by atoms with van der Waals surface area (Å²) in [5.41, 5.74) is 1.22. The van der Waals surface area contributed by atoms with Gasteiger partial charge in [0.05, 0.1) is 19.3 Å². The number of epoxide rings is 1. The minimum atomic E-state index is 0.351. The van der Waals surface area contributed by atoms with E-state index in [2.05, 4.69) is 19.1 Å². The first-order valence-corrected chi connectivity index (χ1v) is 5.17. The van der Waals surface area contributed by atoms with Crippen LogP contribution in [-0.2, 0) is 16.1 Å². The second-order valence-electron chi connectivity index (χ2n) is 3.62. The van der Waals surface area contributed by atoms with Gasteiger partial charge in [-0.25, -0.2) is 0 Å². The third-order valence-corrected chi connectivity index (χ3v) is 2.48. The van der Waals surface area contributed by atoms with E-state index in [0.29, 0.717) is 18.8 Å². The van der Waals surface area contributed by atoms with Crippen LogP contribution in [0.5, 0.6) is 0 Å². The molecule has 2 rings (SSSR count). The summed E-state index contributed by atoms with van der Waals surface area (Å²) >= 11 is 0. The van der Waals surface area contributed by atoms with Gasteiger partial charge in [-0.05, 0) is 12.0 Å². The van der Waals surface area contributed by atoms with Crippen molar-refractivity contribution < 1.29 is 9.47 Å². The Morgan fingerprint density at radius 1 is 1.21 bits per heavy atom. The lowest BCUT2D eigenvalue weighted by Crippen LogP contribution is -2.04. The normalized spacial score (nSPS) is 24.9. The fourth-order valence-electron chi connectivity index (χ4n) is 1.55. The van der Waals surface area contributed by atoms with Gasteiger partial charge in [0.1, 0.15) is 6.10 Å². The van der Waals surface area contributed by atoms with Crippen molar-refractivity contribution in [2.75, 3.05) is 6.61 Å². The molecule has 1 aromatic carbocycles. The van der Waals surface area contributed by atoms with Crippen LogP contribution in [0.1, 0.15) is 18.9 Å². The van der Waals surface area contributed by atoms with Crippen LogP contribution >= 0.6 is 0 Å². The van der Waals surface area contributed by atoms with Crippen LogP contribution in [0.2, 0.25) is 0 Å². The molecular weight excluding hydrogens is 176 g/mol. The van der Waals surface area contributed by atoms with Crippen molar-refractivity contribution in [1.29, 1.82) is 0 Å². The van der Waals surface area contributed by atoms with Crippen LogP contribution in [-0.4, -0.2) is 18.8 Å². The molecule has 2 atom stereocenters. The number of hydrogen-bond acceptors (Lipinski definition) is 2. The van der Waals surface area contributed by atoms with E-state index in [4.69, 9.17) is 9.47 Å². The third kappa shape index (κ3) is 2.56. The van der Waals surface area contributed by atoms with Gasteiger partial charge in [0.2, 0.25) is 0 Å². The first-order chi connectivity index (χ1) is 6.90. The smallest absolute Gasteiger partial charge is 0.107 e. The molecule has 2 nitrogen and oxygen atoms in total. The molecule has 0 bridgehead atoms. The van der Waals surface area contributed by atoms with Crippen molar-refractivity contribution in [3.8, 4) is 0 Å². The summed E-state index contributed by atoms with van der Waals surface area (Å²) in [5.74, 6) is 0. The maximum Gasteiger partial charge on any atom is 0.107 e. The van der Waals surface area contributed by atoms with Crippen molar-refractivity contribution in [3.05, 3.63) is 35.9 Å². The standard InChI is InChI=1S/C12H16O2/c1-2-11-12(14-11)9-13-8-10-6-4-3-5-7-10/h3-7,11-12H,2,8-9H2,1H3/t11-,12-/m1/s1. The van der Waals surface area contributed by atoms with Crippen LogP contribution < -0.4 is 0 Å². The van der Waals surface area contributed by atoms with Gasteiger partial charge >= 0.3 is 0 Å². The van der Waals surface area contributed by atoms with E-state index >= 15 is 0 Å². The third-order valence-electron chi connectivity index (χ3n) is 2.48. The van der Waals surface area contributed by atoms with E-state index in [1.165, 1.54) is 5.56 Å². The lowest BCUT2D eigenvalue weighted by atomic mass is 10.2. The molecule has 1 saturated heterocycles. The van der Waals surface area contributed by atoms with E-state index in [-0.39, 0.29) is 0 Å². The Balaban J connectivity index is 1.64. The Hall–Kier alpha value is -0.860. The summed E-state index contributed by atoms with van der Waals surface area (Å²) in [6, 6.07) is 10.2. The Morgan fingerprint density at radius 3 is 2.64 bits per heavy atom. The van der Waals surface area contributed by atoms with Crippen molar-refractivity contribution in [2.45, 2.75) is 32.2 Å². The van der Waals surface area contributed by atoms with Gasteiger partial charge in [-0.1, -0.05) is 37.3 Å². The van der Waals surface area contributed by atoms with Crippen LogP contribution in [0.25, 0.3) is 0 Å². The van der Waals surface area contributed by atoms with Crippen LogP contribution in [0.3, 0.4) is 0 Å². The molecule has 1 fully saturated rings. The van der Waals surface area contributed by atoms with Crippen molar-refractivity contribution in [3.63, 3.8) is 0 Å². The van der Waals surface area contributed by atoms with E-state index in [9.17, 15) is 0 Å². The maximum atomic E-state index is 5.55. The molecule has 0 aromatic heterocycles. The SMILES string of the molecule is CC[C@H]1O[C@@H]1COCc1ccccc1. The average Bonchev–Trinajstić information content (AvgIpc) is 2.98. The molecule has 76 valence electrons. The van der Waals surface area contributed by atoms with Crippen molar-refractivity contribution >= 4 is 0 Å². The molecule has 0 amide bonds. The van der Waals surface area contributed by atoms with Crippen molar-refractivity contribution in [2.24, 2.45) is 0 Å². The lowest BCUT2D eigenvalue weighted by Gasteiger charge is -2.01. The predicted octanol–water partition coefficient (Wildman–Crippen LogP) is 2.38. The zero-order valence-corrected chi connectivity index (χ0v) is 8.48. The first-order valence-electron chi connectivity index (χ1n) is 5.17. The minimum Gasteiger partial charge on any atom is -0.374 e. The Labute approximate surface area is 84.8 Å². The minimum absolute atomic E-state index is 0.351. The monoisotopic (exact) mass is 192 g/mol. The number of ether oxygens (including phenoxy) is 2. The van der Waals surface area contributed by atoms with E-state index in [0.717, 1.165) is 13.0 Å². The average molecular weight is 192 g/mol. The van der Waals surface area contributed by atoms with E-state index in [1.807, 2.05) is 18.2 Å². The quantitative estimate of drug-likeness (QED) is 0.668. The molecule has 0 unspecified atom stereocenters. The molecule has 0 saturated carbocycles. The largest absolute Gasteiger partial charge is 0.374 e. The highest BCUT2D eigenvalue weighted by Crippen LogP contribution is 2.25. The molecule has 0 aliphatic carbocycles. The first kappa shape index (κ1) is 9.69. The van der Waals surface area contributed by atoms with Crippen LogP contribution in [0.4, 0.5) is 0 Å². The van der Waals surface area contributed by atoms with Gasteiger partial charge in [0, 0.05) is 0 Å². The zero-order chi connectivity index (χ0) is 9.80. The molecule has 1 aliphatic rings. The highest BCUT2D eigenvalue weighted by molar-refractivity contribution is 5.13. The lowest BCUT2D eigenvalue weighted by molar-refractivity contribution is 0.104. The number of hydrogen-bond donors (Lipinski definition) is 0. The molecule has 14 heavy (non-hydrogen) atoms. The molecule has 2 heteroatoms. The van der Waals surface area contributed by atoms with Gasteiger partial charge < -0.3 is 9.47 Å². The Morgan fingerprint density at radius 2 is 2.00 bits per heavy atom. The topological polar surface area (TPSA) is 21.8 Å². The second kappa shape index (κ2) is 4.58. The molecule has 1 aromatic rings. The van der Waals surface area contributed by atoms with Crippen LogP contribution in [0.15, 0.2) is 30.3 Å². The number of benzene rings is 1. The van der Waals surface area contributed by atoms with Gasteiger partial charge in [-0.15, -0.1) is 0 Å². The van der Waals surface area contributed by atoms with Gasteiger partial charge in [-0.2, -0.15) is 0 Å². The van der Waals surface area contributed by atoms with E-state index < -0.39 is 0 Å². The summed E-state index contributed by atoms with van der Waals surface area (Å²) < 4.78 is 10.9. The summed E-state index contributed by atoms with van der Waals surface area (Å²) in [5, 5.41) is 0. The molecule has 0 N–H and O–H groups in total. The highest BCUT2D eigenvalue weighted by atomic mass is 16.6. The molecular formula is C12H16O2. The second-order valence-corrected chi connectivity index (χ2v) is 3.62. The molecule has 1 heterocycles. The van der Waals surface area contributed by atoms with Gasteiger partial charge in [0.15, 0.2) is 0 Å². The summed E-state index contributed by atoms with van der Waals surface area (Å²) in [7, 11) is 0. The van der Waals surface area contributed by atoms with Gasteiger partial charge in [-0.3, -0.25) is 0 Å².